The van der Waals surface area contributed by atoms with Crippen LogP contribution >= 0.6 is 11.6 Å². The summed E-state index contributed by atoms with van der Waals surface area (Å²) in [6.45, 7) is 2.27. The number of nitrogens with zero attached hydrogens (tertiary/aromatic N) is 1. The van der Waals surface area contributed by atoms with E-state index in [0.717, 1.165) is 16.9 Å². The Balaban J connectivity index is 2.11. The summed E-state index contributed by atoms with van der Waals surface area (Å²) in [6.07, 6.45) is 1.57. The molecule has 1 aromatic heterocycles. The molecule has 0 saturated heterocycles. The van der Waals surface area contributed by atoms with Gasteiger partial charge >= 0.3 is 0 Å². The number of aromatic nitrogens is 1. The van der Waals surface area contributed by atoms with Gasteiger partial charge in [0, 0.05) is 30.5 Å². The summed E-state index contributed by atoms with van der Waals surface area (Å²) in [7, 11) is 1.78. The van der Waals surface area contributed by atoms with Crippen LogP contribution in [-0.2, 0) is 6.54 Å². The van der Waals surface area contributed by atoms with Crippen LogP contribution in [0.15, 0.2) is 36.5 Å². The topological polar surface area (TPSA) is 54.0 Å². The maximum Gasteiger partial charge on any atom is 0.255 e. The van der Waals surface area contributed by atoms with E-state index in [0.29, 0.717) is 17.1 Å². The van der Waals surface area contributed by atoms with Crippen LogP contribution in [-0.4, -0.2) is 17.9 Å². The Morgan fingerprint density at radius 3 is 2.80 bits per heavy atom. The lowest BCUT2D eigenvalue weighted by Crippen LogP contribution is -2.24. The molecule has 0 saturated carbocycles. The fourth-order valence-electron chi connectivity index (χ4n) is 1.86. The number of anilines is 1. The van der Waals surface area contributed by atoms with Crippen LogP contribution in [0.2, 0.25) is 5.02 Å². The van der Waals surface area contributed by atoms with Crippen molar-refractivity contribution in [2.24, 2.45) is 0 Å². The van der Waals surface area contributed by atoms with Crippen LogP contribution in [0.1, 0.15) is 21.6 Å². The lowest BCUT2D eigenvalue weighted by Gasteiger charge is -2.10. The standard InChI is InChI=1S/C15H16ClN3O/c1-10-7-14(17-2)12(9-18-10)15(20)19-8-11-5-3-4-6-13(11)16/h3-7,9H,8H2,1-2H3,(H,17,18)(H,19,20). The molecule has 0 aliphatic rings. The zero-order valence-corrected chi connectivity index (χ0v) is 12.2. The van der Waals surface area contributed by atoms with E-state index in [4.69, 9.17) is 11.6 Å². The molecule has 2 rings (SSSR count). The number of aryl methyl sites for hydroxylation is 1. The van der Waals surface area contributed by atoms with E-state index in [2.05, 4.69) is 15.6 Å². The molecule has 2 aromatic rings. The maximum absolute atomic E-state index is 12.2. The molecule has 0 unspecified atom stereocenters. The lowest BCUT2D eigenvalue weighted by atomic mass is 10.2. The Morgan fingerprint density at radius 1 is 1.35 bits per heavy atom. The molecule has 0 spiro atoms. The van der Waals surface area contributed by atoms with Crippen LogP contribution in [0, 0.1) is 6.92 Å². The van der Waals surface area contributed by atoms with E-state index < -0.39 is 0 Å². The van der Waals surface area contributed by atoms with Crippen molar-refractivity contribution >= 4 is 23.2 Å². The average molecular weight is 290 g/mol. The van der Waals surface area contributed by atoms with Crippen LogP contribution in [0.4, 0.5) is 5.69 Å². The van der Waals surface area contributed by atoms with Crippen molar-refractivity contribution in [2.75, 3.05) is 12.4 Å². The Kier molecular flexibility index (Phi) is 4.58. The van der Waals surface area contributed by atoms with Crippen molar-refractivity contribution in [3.05, 3.63) is 58.4 Å². The monoisotopic (exact) mass is 289 g/mol. The second-order valence-corrected chi connectivity index (χ2v) is 4.80. The number of halogens is 1. The number of hydrogen-bond donors (Lipinski definition) is 2. The zero-order valence-electron chi connectivity index (χ0n) is 11.4. The number of rotatable bonds is 4. The van der Waals surface area contributed by atoms with Gasteiger partial charge in [0.2, 0.25) is 0 Å². The SMILES string of the molecule is CNc1cc(C)ncc1C(=O)NCc1ccccc1Cl. The summed E-state index contributed by atoms with van der Waals surface area (Å²) >= 11 is 6.06. The summed E-state index contributed by atoms with van der Waals surface area (Å²) in [5, 5.41) is 6.49. The minimum atomic E-state index is -0.179. The van der Waals surface area contributed by atoms with Gasteiger partial charge in [-0.3, -0.25) is 9.78 Å². The van der Waals surface area contributed by atoms with Gasteiger partial charge in [-0.25, -0.2) is 0 Å². The average Bonchev–Trinajstić information content (AvgIpc) is 2.46. The largest absolute Gasteiger partial charge is 0.387 e. The van der Waals surface area contributed by atoms with Gasteiger partial charge in [-0.05, 0) is 24.6 Å². The van der Waals surface area contributed by atoms with Crippen LogP contribution < -0.4 is 10.6 Å². The number of hydrogen-bond acceptors (Lipinski definition) is 3. The number of amides is 1. The van der Waals surface area contributed by atoms with Crippen molar-refractivity contribution in [2.45, 2.75) is 13.5 Å². The summed E-state index contributed by atoms with van der Waals surface area (Å²) < 4.78 is 0. The number of carbonyl (C=O) groups excluding carboxylic acids is 1. The third-order valence-electron chi connectivity index (χ3n) is 2.95. The fraction of sp³-hybridized carbons (Fsp3) is 0.200. The van der Waals surface area contributed by atoms with Gasteiger partial charge in [-0.15, -0.1) is 0 Å². The first kappa shape index (κ1) is 14.3. The van der Waals surface area contributed by atoms with Crippen molar-refractivity contribution in [3.8, 4) is 0 Å². The van der Waals surface area contributed by atoms with Gasteiger partial charge < -0.3 is 10.6 Å². The highest BCUT2D eigenvalue weighted by atomic mass is 35.5. The summed E-state index contributed by atoms with van der Waals surface area (Å²) in [6, 6.07) is 9.27. The summed E-state index contributed by atoms with van der Waals surface area (Å²) in [4.78, 5) is 16.3. The third kappa shape index (κ3) is 3.27. The smallest absolute Gasteiger partial charge is 0.255 e. The Labute approximate surface area is 123 Å². The first-order valence-corrected chi connectivity index (χ1v) is 6.65. The normalized spacial score (nSPS) is 10.2. The van der Waals surface area contributed by atoms with Gasteiger partial charge in [-0.1, -0.05) is 29.8 Å². The lowest BCUT2D eigenvalue weighted by molar-refractivity contribution is 0.0951. The highest BCUT2D eigenvalue weighted by molar-refractivity contribution is 6.31. The number of carbonyl (C=O) groups is 1. The number of benzene rings is 1. The van der Waals surface area contributed by atoms with Gasteiger partial charge in [0.05, 0.1) is 11.3 Å². The molecular weight excluding hydrogens is 274 g/mol. The van der Waals surface area contributed by atoms with Crippen LogP contribution in [0.3, 0.4) is 0 Å². The van der Waals surface area contributed by atoms with E-state index in [1.807, 2.05) is 31.2 Å². The van der Waals surface area contributed by atoms with Crippen molar-refractivity contribution in [1.29, 1.82) is 0 Å². The Hall–Kier alpha value is -2.07. The van der Waals surface area contributed by atoms with Gasteiger partial charge in [0.15, 0.2) is 0 Å². The van der Waals surface area contributed by atoms with Gasteiger partial charge in [-0.2, -0.15) is 0 Å². The molecule has 1 aromatic carbocycles. The molecule has 0 atom stereocenters. The molecule has 2 N–H and O–H groups in total. The van der Waals surface area contributed by atoms with Gasteiger partial charge in [0.25, 0.3) is 5.91 Å². The van der Waals surface area contributed by atoms with E-state index >= 15 is 0 Å². The van der Waals surface area contributed by atoms with Crippen molar-refractivity contribution in [1.82, 2.24) is 10.3 Å². The van der Waals surface area contributed by atoms with Crippen molar-refractivity contribution < 1.29 is 4.79 Å². The number of pyridine rings is 1. The van der Waals surface area contributed by atoms with Gasteiger partial charge in [0.1, 0.15) is 0 Å². The molecule has 0 aliphatic heterocycles. The molecule has 0 radical (unpaired) electrons. The van der Waals surface area contributed by atoms with E-state index in [1.54, 1.807) is 19.3 Å². The molecular formula is C15H16ClN3O. The molecule has 20 heavy (non-hydrogen) atoms. The molecule has 0 aliphatic carbocycles. The molecule has 104 valence electrons. The molecule has 1 heterocycles. The second kappa shape index (κ2) is 6.39. The van der Waals surface area contributed by atoms with E-state index in [1.165, 1.54) is 0 Å². The minimum Gasteiger partial charge on any atom is -0.387 e. The first-order valence-electron chi connectivity index (χ1n) is 6.28. The maximum atomic E-state index is 12.2. The highest BCUT2D eigenvalue weighted by Crippen LogP contribution is 2.17. The molecule has 0 fully saturated rings. The third-order valence-corrected chi connectivity index (χ3v) is 3.32. The molecule has 5 heteroatoms. The minimum absolute atomic E-state index is 0.179. The molecule has 0 bridgehead atoms. The highest BCUT2D eigenvalue weighted by Gasteiger charge is 2.11. The van der Waals surface area contributed by atoms with E-state index in [-0.39, 0.29) is 5.91 Å². The van der Waals surface area contributed by atoms with Crippen molar-refractivity contribution in [3.63, 3.8) is 0 Å². The Morgan fingerprint density at radius 2 is 2.10 bits per heavy atom. The fourth-order valence-corrected chi connectivity index (χ4v) is 2.06. The van der Waals surface area contributed by atoms with Crippen LogP contribution in [0.5, 0.6) is 0 Å². The first-order chi connectivity index (χ1) is 9.61. The second-order valence-electron chi connectivity index (χ2n) is 4.40. The quantitative estimate of drug-likeness (QED) is 0.910. The zero-order chi connectivity index (χ0) is 14.5. The predicted molar refractivity (Wildman–Crippen MR) is 81.1 cm³/mol. The van der Waals surface area contributed by atoms with E-state index in [9.17, 15) is 4.79 Å². The molecule has 4 nitrogen and oxygen atoms in total. The molecule has 1 amide bonds. The Bertz CT molecular complexity index is 628. The number of nitrogens with one attached hydrogen (secondary N) is 2. The summed E-state index contributed by atoms with van der Waals surface area (Å²) in [5.41, 5.74) is 3.02. The summed E-state index contributed by atoms with van der Waals surface area (Å²) in [5.74, 6) is -0.179. The van der Waals surface area contributed by atoms with Crippen LogP contribution in [0.25, 0.3) is 0 Å². The predicted octanol–water partition coefficient (Wildman–Crippen LogP) is 3.02.